The summed E-state index contributed by atoms with van der Waals surface area (Å²) >= 11 is 0. The molecule has 0 saturated carbocycles. The number of aryl methyl sites for hydroxylation is 1. The molecule has 0 bridgehead atoms. The lowest BCUT2D eigenvalue weighted by Gasteiger charge is -2.19. The van der Waals surface area contributed by atoms with Gasteiger partial charge in [-0.3, -0.25) is 9.89 Å². The molecule has 1 aromatic rings. The Hall–Kier alpha value is -1.37. The number of rotatable bonds is 7. The van der Waals surface area contributed by atoms with Crippen molar-refractivity contribution < 1.29 is 26.7 Å². The van der Waals surface area contributed by atoms with Gasteiger partial charge in [0.15, 0.2) is 5.96 Å². The Balaban J connectivity index is 0.00000420. The first-order chi connectivity index (χ1) is 13.2. The van der Waals surface area contributed by atoms with Gasteiger partial charge in [0.2, 0.25) is 0 Å². The van der Waals surface area contributed by atoms with Crippen LogP contribution in [0.3, 0.4) is 0 Å². The lowest BCUT2D eigenvalue weighted by molar-refractivity contribution is -0.143. The number of halogens is 6. The maximum absolute atomic E-state index is 12.5. The molecule has 11 heteroatoms. The highest BCUT2D eigenvalue weighted by molar-refractivity contribution is 14.0. The first-order valence-corrected chi connectivity index (χ1v) is 8.94. The van der Waals surface area contributed by atoms with Gasteiger partial charge in [-0.2, -0.15) is 22.0 Å². The van der Waals surface area contributed by atoms with Gasteiger partial charge in [0.25, 0.3) is 0 Å². The van der Waals surface area contributed by atoms with E-state index in [0.717, 1.165) is 5.56 Å². The van der Waals surface area contributed by atoms with Crippen LogP contribution in [0.5, 0.6) is 5.75 Å². The van der Waals surface area contributed by atoms with Crippen molar-refractivity contribution in [2.24, 2.45) is 10.9 Å². The van der Waals surface area contributed by atoms with E-state index in [1.54, 1.807) is 19.2 Å². The zero-order valence-electron chi connectivity index (χ0n) is 16.2. The molecule has 0 aliphatic carbocycles. The Kier molecular flexibility index (Phi) is 10.4. The number of alkyl halides is 5. The normalized spacial score (nSPS) is 17.9. The second-order valence-corrected chi connectivity index (χ2v) is 6.80. The SMILES string of the molecule is CN=C(NCc1cc(C)ccc1OC(F)F)NCC1CCN(CC(F)(F)F)C1.I. The first kappa shape index (κ1) is 25.7. The number of nitrogens with one attached hydrogen (secondary N) is 2. The summed E-state index contributed by atoms with van der Waals surface area (Å²) in [7, 11) is 1.56. The molecule has 1 aromatic carbocycles. The van der Waals surface area contributed by atoms with Crippen molar-refractivity contribution in [1.82, 2.24) is 15.5 Å². The summed E-state index contributed by atoms with van der Waals surface area (Å²) in [6.45, 7) is -0.493. The number of likely N-dealkylation sites (tertiary alicyclic amines) is 1. The van der Waals surface area contributed by atoms with Crippen molar-refractivity contribution >= 4 is 29.9 Å². The highest BCUT2D eigenvalue weighted by Gasteiger charge is 2.34. The second kappa shape index (κ2) is 11.7. The molecular formula is C18H26F5IN4O. The molecule has 0 spiro atoms. The van der Waals surface area contributed by atoms with Gasteiger partial charge in [0.1, 0.15) is 5.75 Å². The monoisotopic (exact) mass is 536 g/mol. The predicted molar refractivity (Wildman–Crippen MR) is 112 cm³/mol. The average Bonchev–Trinajstić information content (AvgIpc) is 3.02. The zero-order chi connectivity index (χ0) is 20.7. The molecule has 2 N–H and O–H groups in total. The molecular weight excluding hydrogens is 510 g/mol. The summed E-state index contributed by atoms with van der Waals surface area (Å²) in [6.07, 6.45) is -3.52. The fraction of sp³-hybridized carbons (Fsp3) is 0.611. The van der Waals surface area contributed by atoms with E-state index in [1.807, 2.05) is 6.92 Å². The Morgan fingerprint density at radius 2 is 2.03 bits per heavy atom. The van der Waals surface area contributed by atoms with Gasteiger partial charge in [-0.25, -0.2) is 0 Å². The van der Waals surface area contributed by atoms with Crippen molar-refractivity contribution in [2.45, 2.75) is 32.7 Å². The fourth-order valence-corrected chi connectivity index (χ4v) is 3.17. The van der Waals surface area contributed by atoms with Gasteiger partial charge in [0.05, 0.1) is 6.54 Å². The molecule has 5 nitrogen and oxygen atoms in total. The van der Waals surface area contributed by atoms with E-state index in [2.05, 4.69) is 20.4 Å². The lowest BCUT2D eigenvalue weighted by Crippen LogP contribution is -2.40. The minimum absolute atomic E-state index is 0. The third-order valence-corrected chi connectivity index (χ3v) is 4.43. The van der Waals surface area contributed by atoms with Gasteiger partial charge in [-0.1, -0.05) is 17.7 Å². The van der Waals surface area contributed by atoms with E-state index < -0.39 is 19.3 Å². The van der Waals surface area contributed by atoms with Crippen molar-refractivity contribution in [3.8, 4) is 5.75 Å². The zero-order valence-corrected chi connectivity index (χ0v) is 18.6. The standard InChI is InChI=1S/C18H25F5N4O.HI/c1-12-3-4-15(28-16(19)20)14(7-12)9-26-17(24-2)25-8-13-5-6-27(10-13)11-18(21,22)23;/h3-4,7,13,16H,5-6,8-11H2,1-2H3,(H2,24,25,26);1H. The van der Waals surface area contributed by atoms with Crippen molar-refractivity contribution in [3.63, 3.8) is 0 Å². The molecule has 0 amide bonds. The van der Waals surface area contributed by atoms with E-state index in [4.69, 9.17) is 0 Å². The molecule has 0 aromatic heterocycles. The number of hydrogen-bond donors (Lipinski definition) is 2. The van der Waals surface area contributed by atoms with E-state index in [0.29, 0.717) is 37.6 Å². The summed E-state index contributed by atoms with van der Waals surface area (Å²) in [4.78, 5) is 5.46. The molecule has 1 unspecified atom stereocenters. The minimum Gasteiger partial charge on any atom is -0.434 e. The van der Waals surface area contributed by atoms with E-state index >= 15 is 0 Å². The van der Waals surface area contributed by atoms with Crippen LogP contribution >= 0.6 is 24.0 Å². The fourth-order valence-electron chi connectivity index (χ4n) is 3.17. The van der Waals surface area contributed by atoms with Crippen LogP contribution in [0.15, 0.2) is 23.2 Å². The summed E-state index contributed by atoms with van der Waals surface area (Å²) in [5.41, 5.74) is 1.46. The summed E-state index contributed by atoms with van der Waals surface area (Å²) in [6, 6.07) is 4.91. The van der Waals surface area contributed by atoms with Crippen LogP contribution in [-0.2, 0) is 6.54 Å². The van der Waals surface area contributed by atoms with Crippen molar-refractivity contribution in [2.75, 3.05) is 33.2 Å². The van der Waals surface area contributed by atoms with Crippen LogP contribution in [0.1, 0.15) is 17.5 Å². The van der Waals surface area contributed by atoms with Crippen LogP contribution in [0.4, 0.5) is 22.0 Å². The number of benzene rings is 1. The summed E-state index contributed by atoms with van der Waals surface area (Å²) < 4.78 is 67.0. The van der Waals surface area contributed by atoms with Gasteiger partial charge in [-0.15, -0.1) is 24.0 Å². The van der Waals surface area contributed by atoms with E-state index in [1.165, 1.54) is 11.0 Å². The third kappa shape index (κ3) is 9.32. The topological polar surface area (TPSA) is 48.9 Å². The van der Waals surface area contributed by atoms with Crippen LogP contribution in [0, 0.1) is 12.8 Å². The summed E-state index contributed by atoms with van der Waals surface area (Å²) in [5, 5.41) is 6.10. The maximum Gasteiger partial charge on any atom is 0.401 e. The number of ether oxygens (including phenoxy) is 1. The number of hydrogen-bond acceptors (Lipinski definition) is 3. The van der Waals surface area contributed by atoms with Crippen molar-refractivity contribution in [3.05, 3.63) is 29.3 Å². The molecule has 1 heterocycles. The quantitative estimate of drug-likeness (QED) is 0.241. The largest absolute Gasteiger partial charge is 0.434 e. The molecule has 1 saturated heterocycles. The maximum atomic E-state index is 12.5. The van der Waals surface area contributed by atoms with Crippen molar-refractivity contribution in [1.29, 1.82) is 0 Å². The smallest absolute Gasteiger partial charge is 0.401 e. The molecule has 1 aliphatic heterocycles. The van der Waals surface area contributed by atoms with Crippen LogP contribution < -0.4 is 15.4 Å². The van der Waals surface area contributed by atoms with E-state index in [9.17, 15) is 22.0 Å². The second-order valence-electron chi connectivity index (χ2n) is 6.80. The molecule has 1 aliphatic rings. The number of nitrogens with zero attached hydrogens (tertiary/aromatic N) is 2. The highest BCUT2D eigenvalue weighted by Crippen LogP contribution is 2.23. The minimum atomic E-state index is -4.19. The van der Waals surface area contributed by atoms with Gasteiger partial charge < -0.3 is 15.4 Å². The van der Waals surface area contributed by atoms with Crippen LogP contribution in [0.2, 0.25) is 0 Å². The first-order valence-electron chi connectivity index (χ1n) is 8.94. The molecule has 29 heavy (non-hydrogen) atoms. The van der Waals surface area contributed by atoms with Crippen LogP contribution in [-0.4, -0.2) is 56.9 Å². The Morgan fingerprint density at radius 3 is 2.66 bits per heavy atom. The Bertz CT molecular complexity index is 672. The molecule has 1 fully saturated rings. The summed E-state index contributed by atoms with van der Waals surface area (Å²) in [5.74, 6) is 0.610. The Labute approximate surface area is 184 Å². The lowest BCUT2D eigenvalue weighted by atomic mass is 10.1. The van der Waals surface area contributed by atoms with Gasteiger partial charge >= 0.3 is 12.8 Å². The molecule has 2 rings (SSSR count). The van der Waals surface area contributed by atoms with Crippen LogP contribution in [0.25, 0.3) is 0 Å². The average molecular weight is 536 g/mol. The van der Waals surface area contributed by atoms with E-state index in [-0.39, 0.29) is 42.2 Å². The third-order valence-electron chi connectivity index (χ3n) is 4.43. The number of guanidine groups is 1. The van der Waals surface area contributed by atoms with Gasteiger partial charge in [0, 0.05) is 32.2 Å². The molecule has 0 radical (unpaired) electrons. The highest BCUT2D eigenvalue weighted by atomic mass is 127. The molecule has 1 atom stereocenters. The Morgan fingerprint density at radius 1 is 1.31 bits per heavy atom. The number of aliphatic imine (C=N–C) groups is 1. The van der Waals surface area contributed by atoms with Gasteiger partial charge in [-0.05, 0) is 31.9 Å². The predicted octanol–water partition coefficient (Wildman–Crippen LogP) is 3.76. The molecule has 166 valence electrons.